The van der Waals surface area contributed by atoms with Crippen molar-refractivity contribution < 1.29 is 14.3 Å². The monoisotopic (exact) mass is 333 g/mol. The molecule has 1 N–H and O–H groups in total. The average molecular weight is 334 g/mol. The zero-order valence-electron chi connectivity index (χ0n) is 13.4. The molecule has 0 aromatic heterocycles. The van der Waals surface area contributed by atoms with Crippen molar-refractivity contribution in [3.8, 4) is 11.5 Å². The van der Waals surface area contributed by atoms with Gasteiger partial charge in [0.05, 0.1) is 7.11 Å². The number of amides is 1. The van der Waals surface area contributed by atoms with Gasteiger partial charge in [0.2, 0.25) is 0 Å². The van der Waals surface area contributed by atoms with Crippen LogP contribution >= 0.6 is 11.6 Å². The Labute approximate surface area is 141 Å². The van der Waals surface area contributed by atoms with Crippen molar-refractivity contribution in [1.29, 1.82) is 0 Å². The first kappa shape index (κ1) is 17.2. The third-order valence-corrected chi connectivity index (χ3v) is 3.62. The molecule has 2 aromatic carbocycles. The largest absolute Gasteiger partial charge is 0.496 e. The van der Waals surface area contributed by atoms with Crippen molar-refractivity contribution in [3.63, 3.8) is 0 Å². The van der Waals surface area contributed by atoms with Crippen LogP contribution in [0.5, 0.6) is 11.5 Å². The van der Waals surface area contributed by atoms with E-state index < -0.39 is 5.60 Å². The molecule has 0 saturated heterocycles. The van der Waals surface area contributed by atoms with Crippen LogP contribution in [0.1, 0.15) is 19.4 Å². The Balaban J connectivity index is 1.99. The summed E-state index contributed by atoms with van der Waals surface area (Å²) in [4.78, 5) is 12.4. The van der Waals surface area contributed by atoms with Crippen LogP contribution in [-0.2, 0) is 11.3 Å². The number of rotatable bonds is 6. The van der Waals surface area contributed by atoms with Gasteiger partial charge in [0, 0.05) is 17.1 Å². The molecule has 5 heteroatoms. The molecule has 4 nitrogen and oxygen atoms in total. The first-order valence-corrected chi connectivity index (χ1v) is 7.65. The van der Waals surface area contributed by atoms with Gasteiger partial charge in [-0.1, -0.05) is 29.8 Å². The summed E-state index contributed by atoms with van der Waals surface area (Å²) in [5, 5.41) is 3.50. The number of carbonyl (C=O) groups excluding carboxylic acids is 1. The molecule has 2 aromatic rings. The summed E-state index contributed by atoms with van der Waals surface area (Å²) >= 11 is 5.84. The molecule has 0 spiro atoms. The Morgan fingerprint density at radius 3 is 2.43 bits per heavy atom. The molecule has 122 valence electrons. The SMILES string of the molecule is COc1ccccc1CNC(=O)C(C)(C)Oc1ccc(Cl)cc1. The second-order valence-corrected chi connectivity index (χ2v) is 6.00. The first-order valence-electron chi connectivity index (χ1n) is 7.27. The van der Waals surface area contributed by atoms with Gasteiger partial charge in [-0.25, -0.2) is 0 Å². The number of hydrogen-bond acceptors (Lipinski definition) is 3. The molecule has 0 atom stereocenters. The standard InChI is InChI=1S/C18H20ClNO3/c1-18(2,23-15-10-8-14(19)9-11-15)17(21)20-12-13-6-4-5-7-16(13)22-3/h4-11H,12H2,1-3H3,(H,20,21). The average Bonchev–Trinajstić information content (AvgIpc) is 2.54. The maximum absolute atomic E-state index is 12.4. The maximum atomic E-state index is 12.4. The number of halogens is 1. The molecule has 0 aliphatic carbocycles. The molecular weight excluding hydrogens is 314 g/mol. The Morgan fingerprint density at radius 1 is 1.13 bits per heavy atom. The van der Waals surface area contributed by atoms with Crippen LogP contribution in [0.25, 0.3) is 0 Å². The highest BCUT2D eigenvalue weighted by Crippen LogP contribution is 2.22. The lowest BCUT2D eigenvalue weighted by Gasteiger charge is -2.25. The number of methoxy groups -OCH3 is 1. The van der Waals surface area contributed by atoms with Crippen molar-refractivity contribution in [2.45, 2.75) is 26.0 Å². The molecule has 0 fully saturated rings. The molecule has 0 radical (unpaired) electrons. The fourth-order valence-corrected chi connectivity index (χ4v) is 2.21. The predicted octanol–water partition coefficient (Wildman–Crippen LogP) is 3.82. The molecule has 0 aliphatic heterocycles. The molecule has 0 aliphatic rings. The van der Waals surface area contributed by atoms with E-state index in [1.807, 2.05) is 24.3 Å². The summed E-state index contributed by atoms with van der Waals surface area (Å²) < 4.78 is 11.0. The summed E-state index contributed by atoms with van der Waals surface area (Å²) in [6, 6.07) is 14.5. The van der Waals surface area contributed by atoms with Crippen LogP contribution in [0.3, 0.4) is 0 Å². The third kappa shape index (κ3) is 4.63. The minimum atomic E-state index is -1.00. The number of ether oxygens (including phenoxy) is 2. The van der Waals surface area contributed by atoms with E-state index in [-0.39, 0.29) is 5.91 Å². The van der Waals surface area contributed by atoms with Crippen LogP contribution in [0.2, 0.25) is 5.02 Å². The fourth-order valence-electron chi connectivity index (χ4n) is 2.08. The second-order valence-electron chi connectivity index (χ2n) is 5.56. The molecule has 2 rings (SSSR count). The lowest BCUT2D eigenvalue weighted by Crippen LogP contribution is -2.46. The molecule has 1 amide bonds. The highest BCUT2D eigenvalue weighted by molar-refractivity contribution is 6.30. The van der Waals surface area contributed by atoms with Gasteiger partial charge < -0.3 is 14.8 Å². The minimum Gasteiger partial charge on any atom is -0.496 e. The quantitative estimate of drug-likeness (QED) is 0.874. The minimum absolute atomic E-state index is 0.210. The van der Waals surface area contributed by atoms with Gasteiger partial charge in [0.1, 0.15) is 11.5 Å². The van der Waals surface area contributed by atoms with Crippen molar-refractivity contribution in [3.05, 3.63) is 59.1 Å². The Bertz CT molecular complexity index is 668. The first-order chi connectivity index (χ1) is 10.9. The number of para-hydroxylation sites is 1. The van der Waals surface area contributed by atoms with Crippen LogP contribution in [0.15, 0.2) is 48.5 Å². The van der Waals surface area contributed by atoms with E-state index >= 15 is 0 Å². The van der Waals surface area contributed by atoms with Gasteiger partial charge in [-0.05, 0) is 44.2 Å². The van der Waals surface area contributed by atoms with Crippen LogP contribution in [0.4, 0.5) is 0 Å². The Hall–Kier alpha value is -2.20. The van der Waals surface area contributed by atoms with Gasteiger partial charge in [-0.2, -0.15) is 0 Å². The number of benzene rings is 2. The molecule has 0 bridgehead atoms. The Morgan fingerprint density at radius 2 is 1.78 bits per heavy atom. The normalized spacial score (nSPS) is 11.0. The summed E-state index contributed by atoms with van der Waals surface area (Å²) in [7, 11) is 1.61. The fraction of sp³-hybridized carbons (Fsp3) is 0.278. The zero-order chi connectivity index (χ0) is 16.9. The summed E-state index contributed by atoms with van der Waals surface area (Å²) in [6.45, 7) is 3.81. The van der Waals surface area contributed by atoms with E-state index in [1.54, 1.807) is 45.2 Å². The lowest BCUT2D eigenvalue weighted by molar-refractivity contribution is -0.134. The summed E-state index contributed by atoms with van der Waals surface area (Å²) in [6.07, 6.45) is 0. The smallest absolute Gasteiger partial charge is 0.263 e. The number of carbonyl (C=O) groups is 1. The Kier molecular flexibility index (Phi) is 5.50. The van der Waals surface area contributed by atoms with Gasteiger partial charge in [-0.3, -0.25) is 4.79 Å². The van der Waals surface area contributed by atoms with Gasteiger partial charge in [0.25, 0.3) is 5.91 Å². The highest BCUT2D eigenvalue weighted by Gasteiger charge is 2.29. The lowest BCUT2D eigenvalue weighted by atomic mass is 10.1. The number of hydrogen-bond donors (Lipinski definition) is 1. The van der Waals surface area contributed by atoms with Crippen LogP contribution in [0, 0.1) is 0 Å². The van der Waals surface area contributed by atoms with E-state index in [2.05, 4.69) is 5.32 Å². The summed E-state index contributed by atoms with van der Waals surface area (Å²) in [5.74, 6) is 1.12. The van der Waals surface area contributed by atoms with Crippen molar-refractivity contribution in [1.82, 2.24) is 5.32 Å². The zero-order valence-corrected chi connectivity index (χ0v) is 14.2. The van der Waals surface area contributed by atoms with Crippen molar-refractivity contribution >= 4 is 17.5 Å². The number of nitrogens with one attached hydrogen (secondary N) is 1. The predicted molar refractivity (Wildman–Crippen MR) is 91.0 cm³/mol. The molecular formula is C18H20ClNO3. The van der Waals surface area contributed by atoms with Crippen molar-refractivity contribution in [2.24, 2.45) is 0 Å². The van der Waals surface area contributed by atoms with E-state index in [0.29, 0.717) is 17.3 Å². The van der Waals surface area contributed by atoms with E-state index in [0.717, 1.165) is 11.3 Å². The van der Waals surface area contributed by atoms with E-state index in [1.165, 1.54) is 0 Å². The molecule has 23 heavy (non-hydrogen) atoms. The highest BCUT2D eigenvalue weighted by atomic mass is 35.5. The van der Waals surface area contributed by atoms with Gasteiger partial charge >= 0.3 is 0 Å². The maximum Gasteiger partial charge on any atom is 0.263 e. The molecule has 0 unspecified atom stereocenters. The molecule has 0 heterocycles. The van der Waals surface area contributed by atoms with Gasteiger partial charge in [0.15, 0.2) is 5.60 Å². The van der Waals surface area contributed by atoms with Crippen LogP contribution in [-0.4, -0.2) is 18.6 Å². The van der Waals surface area contributed by atoms with Crippen molar-refractivity contribution in [2.75, 3.05) is 7.11 Å². The second kappa shape index (κ2) is 7.38. The third-order valence-electron chi connectivity index (χ3n) is 3.37. The van der Waals surface area contributed by atoms with E-state index in [9.17, 15) is 4.79 Å². The topological polar surface area (TPSA) is 47.6 Å². The van der Waals surface area contributed by atoms with Gasteiger partial charge in [-0.15, -0.1) is 0 Å². The molecule has 0 saturated carbocycles. The van der Waals surface area contributed by atoms with E-state index in [4.69, 9.17) is 21.1 Å². The van der Waals surface area contributed by atoms with Crippen LogP contribution < -0.4 is 14.8 Å². The summed E-state index contributed by atoms with van der Waals surface area (Å²) in [5.41, 5.74) is -0.0961.